The van der Waals surface area contributed by atoms with Gasteiger partial charge in [-0.3, -0.25) is 10.1 Å². The zero-order valence-electron chi connectivity index (χ0n) is 10.8. The normalized spacial score (nSPS) is 10.2. The van der Waals surface area contributed by atoms with Gasteiger partial charge in [0, 0.05) is 16.2 Å². The Bertz CT molecular complexity index is 661. The van der Waals surface area contributed by atoms with Crippen LogP contribution in [0.5, 0.6) is 11.6 Å². The maximum absolute atomic E-state index is 12.1. The van der Waals surface area contributed by atoms with Crippen molar-refractivity contribution in [3.8, 4) is 11.6 Å². The molecule has 20 heavy (non-hydrogen) atoms. The number of nitrogens with zero attached hydrogens (tertiary/aromatic N) is 2. The van der Waals surface area contributed by atoms with Gasteiger partial charge in [0.25, 0.3) is 5.91 Å². The van der Waals surface area contributed by atoms with Crippen molar-refractivity contribution in [2.75, 3.05) is 12.4 Å². The monoisotopic (exact) mass is 337 g/mol. The molecule has 0 aliphatic rings. The number of carbonyl (C=O) groups excluding carboxylic acids is 1. The molecule has 0 unspecified atom stereocenters. The third kappa shape index (κ3) is 3.24. The summed E-state index contributed by atoms with van der Waals surface area (Å²) in [6, 6.07) is 6.22. The number of phenols is 1. The van der Waals surface area contributed by atoms with Gasteiger partial charge in [-0.05, 0) is 25.1 Å². The van der Waals surface area contributed by atoms with Crippen molar-refractivity contribution in [2.24, 2.45) is 0 Å². The van der Waals surface area contributed by atoms with Crippen LogP contribution in [-0.2, 0) is 0 Å². The Kier molecular flexibility index (Phi) is 4.19. The molecule has 1 amide bonds. The highest BCUT2D eigenvalue weighted by Gasteiger charge is 2.14. The molecule has 2 N–H and O–H groups in total. The number of aryl methyl sites for hydroxylation is 1. The van der Waals surface area contributed by atoms with Gasteiger partial charge in [0.2, 0.25) is 11.8 Å². The fourth-order valence-corrected chi connectivity index (χ4v) is 1.92. The lowest BCUT2D eigenvalue weighted by molar-refractivity contribution is 0.102. The highest BCUT2D eigenvalue weighted by atomic mass is 79.9. The van der Waals surface area contributed by atoms with Crippen molar-refractivity contribution >= 4 is 27.8 Å². The maximum Gasteiger partial charge on any atom is 0.261 e. The van der Waals surface area contributed by atoms with Crippen molar-refractivity contribution in [3.63, 3.8) is 0 Å². The van der Waals surface area contributed by atoms with Crippen molar-refractivity contribution in [1.82, 2.24) is 9.97 Å². The van der Waals surface area contributed by atoms with E-state index in [9.17, 15) is 9.90 Å². The molecular weight excluding hydrogens is 326 g/mol. The average molecular weight is 338 g/mol. The summed E-state index contributed by atoms with van der Waals surface area (Å²) in [4.78, 5) is 20.2. The predicted octanol–water partition coefficient (Wildman–Crippen LogP) is 2.51. The number of rotatable bonds is 3. The van der Waals surface area contributed by atoms with Crippen molar-refractivity contribution in [2.45, 2.75) is 6.92 Å². The van der Waals surface area contributed by atoms with Crippen LogP contribution in [0.25, 0.3) is 0 Å². The Labute approximate surface area is 124 Å². The molecule has 1 heterocycles. The summed E-state index contributed by atoms with van der Waals surface area (Å²) in [5.74, 6) is -0.153. The van der Waals surface area contributed by atoms with Gasteiger partial charge in [0.1, 0.15) is 5.75 Å². The molecule has 7 heteroatoms. The largest absolute Gasteiger partial charge is 0.507 e. The van der Waals surface area contributed by atoms with Crippen LogP contribution in [0.3, 0.4) is 0 Å². The topological polar surface area (TPSA) is 84.3 Å². The average Bonchev–Trinajstić information content (AvgIpc) is 2.40. The van der Waals surface area contributed by atoms with Crippen LogP contribution < -0.4 is 10.1 Å². The molecule has 0 spiro atoms. The van der Waals surface area contributed by atoms with E-state index in [-0.39, 0.29) is 17.3 Å². The lowest BCUT2D eigenvalue weighted by Crippen LogP contribution is -2.15. The molecule has 2 aromatic rings. The Hall–Kier alpha value is -2.15. The summed E-state index contributed by atoms with van der Waals surface area (Å²) in [6.07, 6.45) is 0. The van der Waals surface area contributed by atoms with Gasteiger partial charge in [0.05, 0.1) is 12.7 Å². The van der Waals surface area contributed by atoms with Crippen LogP contribution in [-0.4, -0.2) is 28.1 Å². The van der Waals surface area contributed by atoms with Crippen LogP contribution in [0.15, 0.2) is 28.7 Å². The number of amides is 1. The third-order valence-corrected chi connectivity index (χ3v) is 2.96. The van der Waals surface area contributed by atoms with Gasteiger partial charge in [0.15, 0.2) is 0 Å². The maximum atomic E-state index is 12.1. The first-order chi connectivity index (χ1) is 9.49. The number of nitrogens with one attached hydrogen (secondary N) is 1. The van der Waals surface area contributed by atoms with E-state index < -0.39 is 5.91 Å². The van der Waals surface area contributed by atoms with Gasteiger partial charge in [-0.2, -0.15) is 4.98 Å². The van der Waals surface area contributed by atoms with E-state index >= 15 is 0 Å². The Morgan fingerprint density at radius 2 is 2.10 bits per heavy atom. The first kappa shape index (κ1) is 14.3. The van der Waals surface area contributed by atoms with Crippen LogP contribution in [0, 0.1) is 6.92 Å². The quantitative estimate of drug-likeness (QED) is 0.898. The fraction of sp³-hybridized carbons (Fsp3) is 0.154. The summed E-state index contributed by atoms with van der Waals surface area (Å²) in [5.41, 5.74) is 0.786. The van der Waals surface area contributed by atoms with Gasteiger partial charge >= 0.3 is 0 Å². The van der Waals surface area contributed by atoms with Gasteiger partial charge in [-0.15, -0.1) is 0 Å². The van der Waals surface area contributed by atoms with Gasteiger partial charge in [-0.1, -0.05) is 15.9 Å². The van der Waals surface area contributed by atoms with Crippen LogP contribution in [0.2, 0.25) is 0 Å². The Morgan fingerprint density at radius 3 is 2.80 bits per heavy atom. The first-order valence-corrected chi connectivity index (χ1v) is 6.48. The van der Waals surface area contributed by atoms with Crippen LogP contribution in [0.1, 0.15) is 16.1 Å². The minimum absolute atomic E-state index is 0.117. The minimum Gasteiger partial charge on any atom is -0.507 e. The first-order valence-electron chi connectivity index (χ1n) is 5.69. The molecular formula is C13H12BrN3O3. The SMILES string of the molecule is COc1cc(C)nc(NC(=O)c2cc(Br)ccc2O)n1. The second-order valence-electron chi connectivity index (χ2n) is 3.99. The molecule has 0 saturated heterocycles. The number of anilines is 1. The zero-order valence-corrected chi connectivity index (χ0v) is 12.4. The molecule has 0 radical (unpaired) electrons. The van der Waals surface area contributed by atoms with E-state index in [2.05, 4.69) is 31.2 Å². The smallest absolute Gasteiger partial charge is 0.261 e. The highest BCUT2D eigenvalue weighted by Crippen LogP contribution is 2.22. The Morgan fingerprint density at radius 1 is 1.35 bits per heavy atom. The van der Waals surface area contributed by atoms with E-state index in [0.29, 0.717) is 16.0 Å². The molecule has 1 aromatic heterocycles. The van der Waals surface area contributed by atoms with E-state index in [0.717, 1.165) is 0 Å². The van der Waals surface area contributed by atoms with E-state index in [1.54, 1.807) is 19.1 Å². The number of hydrogen-bond acceptors (Lipinski definition) is 5. The lowest BCUT2D eigenvalue weighted by Gasteiger charge is -2.08. The van der Waals surface area contributed by atoms with Crippen molar-refractivity contribution in [3.05, 3.63) is 40.0 Å². The zero-order chi connectivity index (χ0) is 14.7. The highest BCUT2D eigenvalue weighted by molar-refractivity contribution is 9.10. The minimum atomic E-state index is -0.503. The second-order valence-corrected chi connectivity index (χ2v) is 4.91. The molecule has 0 atom stereocenters. The van der Waals surface area contributed by atoms with Crippen molar-refractivity contribution < 1.29 is 14.6 Å². The third-order valence-electron chi connectivity index (χ3n) is 2.47. The second kappa shape index (κ2) is 5.87. The molecule has 2 rings (SSSR count). The van der Waals surface area contributed by atoms with E-state index in [1.807, 2.05) is 0 Å². The molecule has 104 valence electrons. The number of methoxy groups -OCH3 is 1. The number of carbonyl (C=O) groups is 1. The van der Waals surface area contributed by atoms with Gasteiger partial charge < -0.3 is 9.84 Å². The number of ether oxygens (including phenoxy) is 1. The standard InChI is InChI=1S/C13H12BrN3O3/c1-7-5-11(20-2)16-13(15-7)17-12(19)9-6-8(14)3-4-10(9)18/h3-6,18H,1-2H3,(H,15,16,17,19). The number of aromatic nitrogens is 2. The molecule has 1 aromatic carbocycles. The molecule has 0 bridgehead atoms. The summed E-state index contributed by atoms with van der Waals surface area (Å²) >= 11 is 3.24. The number of benzene rings is 1. The van der Waals surface area contributed by atoms with E-state index in [1.165, 1.54) is 19.2 Å². The number of hydrogen-bond donors (Lipinski definition) is 2. The number of halogens is 1. The van der Waals surface area contributed by atoms with E-state index in [4.69, 9.17) is 4.74 Å². The van der Waals surface area contributed by atoms with Crippen molar-refractivity contribution in [1.29, 1.82) is 0 Å². The molecule has 0 aliphatic carbocycles. The predicted molar refractivity (Wildman–Crippen MR) is 77.1 cm³/mol. The number of phenolic OH excluding ortho intramolecular Hbond substituents is 1. The number of aromatic hydroxyl groups is 1. The lowest BCUT2D eigenvalue weighted by atomic mass is 10.2. The molecule has 0 fully saturated rings. The fourth-order valence-electron chi connectivity index (χ4n) is 1.56. The van der Waals surface area contributed by atoms with Crippen LogP contribution in [0.4, 0.5) is 5.95 Å². The summed E-state index contributed by atoms with van der Waals surface area (Å²) in [7, 11) is 1.48. The summed E-state index contributed by atoms with van der Waals surface area (Å²) in [6.45, 7) is 1.76. The van der Waals surface area contributed by atoms with Crippen LogP contribution >= 0.6 is 15.9 Å². The van der Waals surface area contributed by atoms with Gasteiger partial charge in [-0.25, -0.2) is 4.98 Å². The molecule has 6 nitrogen and oxygen atoms in total. The summed E-state index contributed by atoms with van der Waals surface area (Å²) in [5, 5.41) is 12.2. The molecule has 0 saturated carbocycles. The Balaban J connectivity index is 2.27. The summed E-state index contributed by atoms with van der Waals surface area (Å²) < 4.78 is 5.69. The molecule has 0 aliphatic heterocycles.